The third-order valence-corrected chi connectivity index (χ3v) is 5.37. The lowest BCUT2D eigenvalue weighted by molar-refractivity contribution is 0.0452. The number of guanidine groups is 1. The smallest absolute Gasteiger partial charge is 0.408 e. The lowest BCUT2D eigenvalue weighted by Crippen LogP contribution is -2.52. The number of amides is 1. The summed E-state index contributed by atoms with van der Waals surface area (Å²) in [6.45, 7) is 16.3. The van der Waals surface area contributed by atoms with Gasteiger partial charge in [0.2, 0.25) is 0 Å². The fourth-order valence-electron chi connectivity index (χ4n) is 3.29. The number of ether oxygens (including phenoxy) is 1. The second-order valence-electron chi connectivity index (χ2n) is 9.10. The molecule has 0 bridgehead atoms. The number of halogens is 1. The molecule has 0 atom stereocenters. The van der Waals surface area contributed by atoms with Gasteiger partial charge in [-0.1, -0.05) is 19.9 Å². The largest absolute Gasteiger partial charge is 0.444 e. The minimum absolute atomic E-state index is 0. The van der Waals surface area contributed by atoms with Crippen molar-refractivity contribution in [2.24, 2.45) is 4.99 Å². The van der Waals surface area contributed by atoms with Crippen LogP contribution in [0.4, 0.5) is 4.79 Å². The van der Waals surface area contributed by atoms with Crippen LogP contribution in [0, 0.1) is 6.92 Å². The zero-order valence-corrected chi connectivity index (χ0v) is 23.7. The number of aliphatic imine (C=N–C) groups is 1. The first-order valence-electron chi connectivity index (χ1n) is 11.8. The van der Waals surface area contributed by atoms with Gasteiger partial charge >= 0.3 is 6.09 Å². The summed E-state index contributed by atoms with van der Waals surface area (Å²) >= 11 is 0. The Morgan fingerprint density at radius 1 is 1.09 bits per heavy atom. The maximum absolute atomic E-state index is 12.3. The number of rotatable bonds is 11. The average molecular weight is 578 g/mol. The Labute approximate surface area is 216 Å². The molecule has 0 saturated heterocycles. The van der Waals surface area contributed by atoms with Crippen LogP contribution in [-0.2, 0) is 11.3 Å². The van der Waals surface area contributed by atoms with Crippen LogP contribution in [0.2, 0.25) is 0 Å². The third kappa shape index (κ3) is 11.8. The first kappa shape index (κ1) is 31.2. The molecule has 0 aliphatic heterocycles. The summed E-state index contributed by atoms with van der Waals surface area (Å²) in [5.74, 6) is 0.720. The van der Waals surface area contributed by atoms with Gasteiger partial charge in [0.1, 0.15) is 5.60 Å². The molecule has 0 spiro atoms. The topological polar surface area (TPSA) is 96.8 Å². The minimum atomic E-state index is -0.541. The number of aryl methyl sites for hydroxylation is 1. The fraction of sp³-hybridized carbons (Fsp3) is 0.708. The van der Waals surface area contributed by atoms with Crippen LogP contribution in [0.1, 0.15) is 72.9 Å². The number of alkyl carbamates (subject to hydrolysis) is 1. The van der Waals surface area contributed by atoms with Crippen molar-refractivity contribution in [3.8, 4) is 0 Å². The van der Waals surface area contributed by atoms with Crippen molar-refractivity contribution in [1.82, 2.24) is 20.5 Å². The predicted octanol–water partition coefficient (Wildman–Crippen LogP) is 4.19. The highest BCUT2D eigenvalue weighted by atomic mass is 127. The van der Waals surface area contributed by atoms with Crippen molar-refractivity contribution in [3.05, 3.63) is 34.2 Å². The molecule has 0 aliphatic carbocycles. The van der Waals surface area contributed by atoms with Crippen LogP contribution in [0.3, 0.4) is 0 Å². The lowest BCUT2D eigenvalue weighted by Gasteiger charge is -2.32. The van der Waals surface area contributed by atoms with Crippen molar-refractivity contribution in [1.29, 1.82) is 0 Å². The predicted molar refractivity (Wildman–Crippen MR) is 147 cm³/mol. The summed E-state index contributed by atoms with van der Waals surface area (Å²) < 4.78 is 7.25. The molecule has 1 heterocycles. The maximum atomic E-state index is 12.3. The Bertz CT molecular complexity index is 798. The third-order valence-electron chi connectivity index (χ3n) is 5.37. The van der Waals surface area contributed by atoms with Gasteiger partial charge in [0, 0.05) is 31.4 Å². The number of carbonyl (C=O) groups excluding carboxylic acids is 1. The lowest BCUT2D eigenvalue weighted by atomic mass is 9.93. The molecule has 190 valence electrons. The summed E-state index contributed by atoms with van der Waals surface area (Å²) in [6, 6.07) is 5.34. The van der Waals surface area contributed by atoms with Crippen molar-refractivity contribution < 1.29 is 9.53 Å². The van der Waals surface area contributed by atoms with Gasteiger partial charge < -0.3 is 25.3 Å². The first-order valence-corrected chi connectivity index (χ1v) is 11.8. The fourth-order valence-corrected chi connectivity index (χ4v) is 3.29. The number of carbonyl (C=O) groups is 1. The van der Waals surface area contributed by atoms with Gasteiger partial charge in [0.15, 0.2) is 5.96 Å². The van der Waals surface area contributed by atoms with Crippen molar-refractivity contribution in [2.45, 2.75) is 91.8 Å². The van der Waals surface area contributed by atoms with Crippen LogP contribution < -0.4 is 21.5 Å². The number of pyridine rings is 1. The van der Waals surface area contributed by atoms with E-state index in [0.29, 0.717) is 13.1 Å². The van der Waals surface area contributed by atoms with E-state index in [1.54, 1.807) is 16.7 Å². The summed E-state index contributed by atoms with van der Waals surface area (Å²) in [5, 5.41) is 9.65. The summed E-state index contributed by atoms with van der Waals surface area (Å²) in [5.41, 5.74) is 0.0195. The molecule has 0 radical (unpaired) electrons. The Morgan fingerprint density at radius 3 is 2.30 bits per heavy atom. The Balaban J connectivity index is 0.0000102. The van der Waals surface area contributed by atoms with Crippen LogP contribution in [-0.4, -0.2) is 47.4 Å². The molecule has 9 heteroatoms. The summed E-state index contributed by atoms with van der Waals surface area (Å²) in [7, 11) is 0. The molecule has 1 aromatic heterocycles. The molecule has 33 heavy (non-hydrogen) atoms. The van der Waals surface area contributed by atoms with Crippen molar-refractivity contribution in [2.75, 3.05) is 19.6 Å². The minimum Gasteiger partial charge on any atom is -0.444 e. The normalized spacial score (nSPS) is 12.0. The van der Waals surface area contributed by atoms with Crippen LogP contribution in [0.15, 0.2) is 28.0 Å². The molecule has 8 nitrogen and oxygen atoms in total. The van der Waals surface area contributed by atoms with Gasteiger partial charge in [0.05, 0.1) is 12.1 Å². The molecule has 0 aliphatic rings. The zero-order valence-electron chi connectivity index (χ0n) is 21.4. The van der Waals surface area contributed by atoms with Crippen LogP contribution >= 0.6 is 24.0 Å². The van der Waals surface area contributed by atoms with E-state index < -0.39 is 17.2 Å². The molecule has 0 saturated carbocycles. The molecule has 0 fully saturated rings. The highest BCUT2D eigenvalue weighted by Crippen LogP contribution is 2.17. The van der Waals surface area contributed by atoms with Gasteiger partial charge in [-0.05, 0) is 66.4 Å². The molecule has 0 aromatic carbocycles. The number of unbranched alkanes of at least 4 members (excludes halogenated alkanes) is 1. The maximum Gasteiger partial charge on any atom is 0.408 e. The first-order chi connectivity index (χ1) is 15.1. The molecule has 0 unspecified atom stereocenters. The van der Waals surface area contributed by atoms with Crippen LogP contribution in [0.25, 0.3) is 0 Å². The average Bonchev–Trinajstić information content (AvgIpc) is 2.71. The highest BCUT2D eigenvalue weighted by Gasteiger charge is 2.30. The Hall–Kier alpha value is -1.78. The number of hydrogen-bond acceptors (Lipinski definition) is 4. The highest BCUT2D eigenvalue weighted by molar-refractivity contribution is 14.0. The molecular weight excluding hydrogens is 533 g/mol. The molecular formula is C24H44IN5O3. The van der Waals surface area contributed by atoms with Gasteiger partial charge in [-0.3, -0.25) is 9.79 Å². The van der Waals surface area contributed by atoms with Gasteiger partial charge in [-0.25, -0.2) is 4.79 Å². The SMILES string of the molecule is CCNC(=NCC(CC)(CC)NC(=O)OC(C)(C)C)NCCCCn1c(C)cccc1=O.I. The van der Waals surface area contributed by atoms with Crippen molar-refractivity contribution >= 4 is 36.0 Å². The van der Waals surface area contributed by atoms with Gasteiger partial charge in [0.25, 0.3) is 5.56 Å². The van der Waals surface area contributed by atoms with E-state index in [1.165, 1.54) is 0 Å². The standard InChI is InChI=1S/C24H43N5O3.HI/c1-8-24(9-2,28-22(31)32-23(5,6)7)18-27-21(25-10-3)26-16-11-12-17-29-19(4)14-13-15-20(29)30;/h13-15H,8-12,16-18H2,1-7H3,(H,28,31)(H2,25,26,27);1H. The van der Waals surface area contributed by atoms with E-state index >= 15 is 0 Å². The Kier molecular flexibility index (Phi) is 14.4. The monoisotopic (exact) mass is 577 g/mol. The van der Waals surface area contributed by atoms with Crippen LogP contribution in [0.5, 0.6) is 0 Å². The quantitative estimate of drug-likeness (QED) is 0.159. The second kappa shape index (κ2) is 15.2. The summed E-state index contributed by atoms with van der Waals surface area (Å²) in [6.07, 6.45) is 2.88. The molecule has 1 amide bonds. The van der Waals surface area contributed by atoms with E-state index in [2.05, 4.69) is 16.0 Å². The zero-order chi connectivity index (χ0) is 24.2. The molecule has 1 aromatic rings. The number of aromatic nitrogens is 1. The number of nitrogens with one attached hydrogen (secondary N) is 3. The molecule has 1 rings (SSSR count). The van der Waals surface area contributed by atoms with E-state index in [1.807, 2.05) is 54.5 Å². The summed E-state index contributed by atoms with van der Waals surface area (Å²) in [4.78, 5) is 29.0. The van der Waals surface area contributed by atoms with Gasteiger partial charge in [-0.2, -0.15) is 0 Å². The second-order valence-corrected chi connectivity index (χ2v) is 9.10. The van der Waals surface area contributed by atoms with E-state index in [9.17, 15) is 9.59 Å². The molecule has 3 N–H and O–H groups in total. The Morgan fingerprint density at radius 2 is 1.76 bits per heavy atom. The van der Waals surface area contributed by atoms with E-state index in [4.69, 9.17) is 9.73 Å². The van der Waals surface area contributed by atoms with E-state index in [-0.39, 0.29) is 29.5 Å². The number of hydrogen-bond donors (Lipinski definition) is 3. The van der Waals surface area contributed by atoms with E-state index in [0.717, 1.165) is 50.4 Å². The van der Waals surface area contributed by atoms with Gasteiger partial charge in [-0.15, -0.1) is 24.0 Å². The number of nitrogens with zero attached hydrogens (tertiary/aromatic N) is 2. The van der Waals surface area contributed by atoms with Crippen molar-refractivity contribution in [3.63, 3.8) is 0 Å².